The maximum Gasteiger partial charge on any atom is 0.238 e. The fourth-order valence-electron chi connectivity index (χ4n) is 18.9. The molecule has 6 aromatic heterocycles. The highest BCUT2D eigenvalue weighted by Crippen LogP contribution is 2.64. The van der Waals surface area contributed by atoms with E-state index in [1.54, 1.807) is 0 Å². The Kier molecular flexibility index (Phi) is 13.5. The van der Waals surface area contributed by atoms with Crippen LogP contribution < -0.4 is 0 Å². The summed E-state index contributed by atoms with van der Waals surface area (Å²) in [6, 6.07) is 136. The van der Waals surface area contributed by atoms with Gasteiger partial charge in [0.25, 0.3) is 0 Å². The summed E-state index contributed by atoms with van der Waals surface area (Å²) in [5.74, 6) is 3.48. The van der Waals surface area contributed by atoms with Crippen molar-refractivity contribution < 1.29 is 0 Å². The molecule has 16 aromatic carbocycles. The molecule has 10 heteroatoms. The summed E-state index contributed by atoms with van der Waals surface area (Å²) in [6.45, 7) is 0. The van der Waals surface area contributed by atoms with Gasteiger partial charge in [-0.1, -0.05) is 291 Å². The molecular formula is C103H62N10. The highest BCUT2D eigenvalue weighted by Gasteiger charge is 2.52. The number of benzene rings is 16. The van der Waals surface area contributed by atoms with E-state index in [9.17, 15) is 0 Å². The van der Waals surface area contributed by atoms with Crippen molar-refractivity contribution in [2.45, 2.75) is 5.41 Å². The second-order valence-corrected chi connectivity index (χ2v) is 29.6. The van der Waals surface area contributed by atoms with Gasteiger partial charge in [-0.25, -0.2) is 9.97 Å². The summed E-state index contributed by atoms with van der Waals surface area (Å²) in [6.07, 6.45) is 0. The third-order valence-corrected chi connectivity index (χ3v) is 23.7. The number of aromatic nitrogens is 10. The molecule has 0 aliphatic heterocycles. The summed E-state index contributed by atoms with van der Waals surface area (Å²) in [5.41, 5.74) is 27.9. The Morgan fingerprint density at radius 3 is 1.11 bits per heavy atom. The van der Waals surface area contributed by atoms with Crippen LogP contribution in [-0.4, -0.2) is 48.2 Å². The first-order chi connectivity index (χ1) is 56.0. The number of para-hydroxylation sites is 3. The summed E-state index contributed by atoms with van der Waals surface area (Å²) in [7, 11) is 0. The minimum atomic E-state index is -0.719. The number of hydrogen-bond acceptors (Lipinski definition) is 6. The summed E-state index contributed by atoms with van der Waals surface area (Å²) < 4.78 is 9.42. The number of hydrogen-bond donors (Lipinski definition) is 0. The molecule has 2 aliphatic rings. The van der Waals surface area contributed by atoms with Crippen LogP contribution in [0.3, 0.4) is 0 Å². The number of nitrogens with zero attached hydrogens (tertiary/aromatic N) is 10. The molecule has 1 unspecified atom stereocenters. The average Bonchev–Trinajstić information content (AvgIpc) is 1.50. The minimum absolute atomic E-state index is 0.527. The lowest BCUT2D eigenvalue weighted by molar-refractivity contribution is 0.794. The fourth-order valence-corrected chi connectivity index (χ4v) is 18.9. The van der Waals surface area contributed by atoms with Gasteiger partial charge in [-0.3, -0.25) is 9.13 Å². The lowest BCUT2D eigenvalue weighted by atomic mass is 9.70. The predicted molar refractivity (Wildman–Crippen MR) is 459 cm³/mol. The second kappa shape index (κ2) is 24.4. The fraction of sp³-hybridized carbons (Fsp3) is 0.00971. The molecule has 10 nitrogen and oxygen atoms in total. The molecule has 0 saturated carbocycles. The van der Waals surface area contributed by atoms with Crippen LogP contribution in [0, 0.1) is 0 Å². The van der Waals surface area contributed by atoms with Crippen LogP contribution in [0.4, 0.5) is 0 Å². The van der Waals surface area contributed by atoms with Crippen LogP contribution in [-0.2, 0) is 5.41 Å². The molecule has 0 saturated heterocycles. The molecule has 0 N–H and O–H groups in total. The molecule has 524 valence electrons. The van der Waals surface area contributed by atoms with E-state index in [2.05, 4.69) is 322 Å². The molecule has 0 amide bonds. The number of fused-ring (bicyclic) bond motifs is 22. The molecule has 1 atom stereocenters. The van der Waals surface area contributed by atoms with Gasteiger partial charge < -0.3 is 9.13 Å². The topological polar surface area (TPSA) is 97.1 Å². The van der Waals surface area contributed by atoms with Crippen molar-refractivity contribution >= 4 is 87.2 Å². The average molecular weight is 1440 g/mol. The van der Waals surface area contributed by atoms with Gasteiger partial charge in [0.1, 0.15) is 0 Å². The van der Waals surface area contributed by atoms with Crippen LogP contribution in [0.5, 0.6) is 0 Å². The second-order valence-electron chi connectivity index (χ2n) is 29.6. The first kappa shape index (κ1) is 62.7. The molecule has 22 aromatic rings. The van der Waals surface area contributed by atoms with Crippen molar-refractivity contribution in [2.75, 3.05) is 0 Å². The molecule has 1 spiro atoms. The van der Waals surface area contributed by atoms with Gasteiger partial charge in [0.05, 0.1) is 49.5 Å². The van der Waals surface area contributed by atoms with Crippen molar-refractivity contribution in [3.63, 3.8) is 0 Å². The monoisotopic (exact) mass is 1440 g/mol. The Labute approximate surface area is 648 Å². The van der Waals surface area contributed by atoms with Crippen molar-refractivity contribution in [1.82, 2.24) is 48.2 Å². The molecule has 113 heavy (non-hydrogen) atoms. The summed E-state index contributed by atoms with van der Waals surface area (Å²) in [4.78, 5) is 32.0. The molecular weight excluding hydrogens is 1380 g/mol. The van der Waals surface area contributed by atoms with E-state index in [4.69, 9.17) is 29.9 Å². The van der Waals surface area contributed by atoms with E-state index in [0.29, 0.717) is 35.2 Å². The van der Waals surface area contributed by atoms with E-state index >= 15 is 0 Å². The Morgan fingerprint density at radius 2 is 0.549 bits per heavy atom. The van der Waals surface area contributed by atoms with E-state index in [-0.39, 0.29) is 0 Å². The van der Waals surface area contributed by atoms with Gasteiger partial charge >= 0.3 is 0 Å². The molecule has 0 bridgehead atoms. The highest BCUT2D eigenvalue weighted by molar-refractivity contribution is 6.18. The lowest BCUT2D eigenvalue weighted by Crippen LogP contribution is -2.26. The van der Waals surface area contributed by atoms with Gasteiger partial charge in [0.15, 0.2) is 23.3 Å². The van der Waals surface area contributed by atoms with Crippen molar-refractivity contribution in [3.8, 4) is 113 Å². The number of rotatable bonds is 10. The van der Waals surface area contributed by atoms with Crippen molar-refractivity contribution in [2.24, 2.45) is 0 Å². The lowest BCUT2D eigenvalue weighted by Gasteiger charge is -2.31. The Morgan fingerprint density at radius 1 is 0.177 bits per heavy atom. The summed E-state index contributed by atoms with van der Waals surface area (Å²) >= 11 is 0. The highest BCUT2D eigenvalue weighted by atomic mass is 15.2. The Hall–Kier alpha value is -15.3. The van der Waals surface area contributed by atoms with Crippen molar-refractivity contribution in [1.29, 1.82) is 0 Å². The Bertz CT molecular complexity index is 7610. The molecule has 24 rings (SSSR count). The third-order valence-electron chi connectivity index (χ3n) is 23.7. The zero-order chi connectivity index (χ0) is 74.0. The van der Waals surface area contributed by atoms with Gasteiger partial charge in [-0.2, -0.15) is 19.9 Å². The van der Waals surface area contributed by atoms with Crippen LogP contribution in [0.25, 0.3) is 201 Å². The standard InChI is InChI=1S/C103H62N10/c1-6-27-63(28-7-1)68-49-54-78-76-39-18-23-45-88(76)111(94(78)58-68)71-52-56-92-82(60-71)81-59-70(51-55-91(81)112(92)101-106-97(64-29-8-2-9-30-64)104-98(107-101)65-31-10-3-11-32-65)110-90-47-25-20-41-79(90)96-72(42-26-48-93(96)110)69-50-53-75-73-37-16-21-43-84(73)103(86(75)57-69)85-44-22-17-38-74(85)80-61-83-77-40-19-24-46-89(77)113(95(83)62-87(80)103)102-108-99(66-33-12-4-13-34-66)105-100(109-102)67-35-14-5-15-36-67/h1-62H. The van der Waals surface area contributed by atoms with Gasteiger partial charge in [0.2, 0.25) is 11.9 Å². The molecule has 6 heterocycles. The maximum atomic E-state index is 5.42. The molecule has 0 radical (unpaired) electrons. The van der Waals surface area contributed by atoms with Gasteiger partial charge in [0, 0.05) is 76.7 Å². The molecule has 0 fully saturated rings. The van der Waals surface area contributed by atoms with Crippen molar-refractivity contribution in [3.05, 3.63) is 398 Å². The normalized spacial score (nSPS) is 13.5. The largest absolute Gasteiger partial charge is 0.309 e. The maximum absolute atomic E-state index is 5.42. The minimum Gasteiger partial charge on any atom is -0.309 e. The predicted octanol–water partition coefficient (Wildman–Crippen LogP) is 24.8. The van der Waals surface area contributed by atoms with E-state index in [1.165, 1.54) is 66.2 Å². The first-order valence-corrected chi connectivity index (χ1v) is 38.4. The first-order valence-electron chi connectivity index (χ1n) is 38.4. The third kappa shape index (κ3) is 9.29. The van der Waals surface area contributed by atoms with Crippen LogP contribution in [0.2, 0.25) is 0 Å². The summed E-state index contributed by atoms with van der Waals surface area (Å²) in [5, 5.41) is 9.07. The van der Waals surface area contributed by atoms with Crippen LogP contribution in [0.15, 0.2) is 376 Å². The van der Waals surface area contributed by atoms with E-state index in [1.807, 2.05) is 72.8 Å². The SMILES string of the molecule is c1ccc(-c2ccc3c4ccccc4n(-c4ccc5c(c4)c4cc(-n6c7ccccc7c7c(-c8ccc9c(c8)C8(c%10ccccc%10-9)c9ccccc9-c9cc%10c%11ccccc%11n(-c%11nc(-c%12ccccc%12)nc(-c%12ccccc%12)n%11)c%10cc98)cccc76)ccc4n5-c4nc(-c5ccccc5)nc(-c5ccccc5)n4)c3c2)cc1. The van der Waals surface area contributed by atoms with Crippen LogP contribution >= 0.6 is 0 Å². The smallest absolute Gasteiger partial charge is 0.238 e. The zero-order valence-corrected chi connectivity index (χ0v) is 60.8. The Balaban J connectivity index is 0.716. The van der Waals surface area contributed by atoms with Crippen LogP contribution in [0.1, 0.15) is 22.3 Å². The quantitative estimate of drug-likeness (QED) is 0.135. The van der Waals surface area contributed by atoms with E-state index in [0.717, 1.165) is 121 Å². The zero-order valence-electron chi connectivity index (χ0n) is 60.8. The van der Waals surface area contributed by atoms with Gasteiger partial charge in [-0.15, -0.1) is 0 Å². The van der Waals surface area contributed by atoms with Gasteiger partial charge in [-0.05, 0) is 152 Å². The molecule has 2 aliphatic carbocycles. The van der Waals surface area contributed by atoms with E-state index < -0.39 is 5.41 Å².